The van der Waals surface area contributed by atoms with Gasteiger partial charge in [-0.3, -0.25) is 4.79 Å². The molecule has 0 heterocycles. The highest BCUT2D eigenvalue weighted by atomic mass is 16.5. The van der Waals surface area contributed by atoms with E-state index < -0.39 is 6.29 Å². The third-order valence-electron chi connectivity index (χ3n) is 9.18. The summed E-state index contributed by atoms with van der Waals surface area (Å²) in [7, 11) is 0. The summed E-state index contributed by atoms with van der Waals surface area (Å²) < 4.78 is 0. The molecule has 4 rings (SSSR count). The van der Waals surface area contributed by atoms with Crippen LogP contribution in [0.3, 0.4) is 0 Å². The SMILES string of the molecule is C[C@]12CCCC[C@@H]1CC[C@@H]1[C@@H]2CC[C@]2(C)[C@@H](C(=O)C(O)O)CC[C@@H]12. The Kier molecular flexibility index (Phi) is 4.12. The van der Waals surface area contributed by atoms with Gasteiger partial charge in [-0.15, -0.1) is 0 Å². The average Bonchev–Trinajstić information content (AvgIpc) is 2.90. The van der Waals surface area contributed by atoms with Crippen LogP contribution in [0.4, 0.5) is 0 Å². The van der Waals surface area contributed by atoms with Crippen molar-refractivity contribution >= 4 is 5.78 Å². The van der Waals surface area contributed by atoms with Crippen molar-refractivity contribution in [1.82, 2.24) is 0 Å². The largest absolute Gasteiger partial charge is 0.362 e. The molecule has 4 fully saturated rings. The van der Waals surface area contributed by atoms with E-state index in [9.17, 15) is 15.0 Å². The highest BCUT2D eigenvalue weighted by molar-refractivity contribution is 5.84. The molecule has 4 aliphatic rings. The fourth-order valence-corrected chi connectivity index (χ4v) is 7.94. The van der Waals surface area contributed by atoms with E-state index in [0.29, 0.717) is 11.3 Å². The molecule has 0 aromatic carbocycles. The van der Waals surface area contributed by atoms with Crippen molar-refractivity contribution in [2.45, 2.75) is 84.3 Å². The van der Waals surface area contributed by atoms with Crippen molar-refractivity contribution in [2.24, 2.45) is 40.4 Å². The third-order valence-corrected chi connectivity index (χ3v) is 9.18. The molecule has 0 radical (unpaired) electrons. The maximum atomic E-state index is 12.4. The number of carbonyl (C=O) groups is 1. The molecule has 0 aromatic heterocycles. The van der Waals surface area contributed by atoms with E-state index in [1.165, 1.54) is 44.9 Å². The number of hydrogen-bond donors (Lipinski definition) is 2. The lowest BCUT2D eigenvalue weighted by atomic mass is 9.45. The maximum Gasteiger partial charge on any atom is 0.213 e. The number of fused-ring (bicyclic) bond motifs is 5. The monoisotopic (exact) mass is 334 g/mol. The molecule has 0 bridgehead atoms. The number of Topliss-reactive ketones (excluding diaryl/α,β-unsaturated/α-hetero) is 1. The Hall–Kier alpha value is -0.410. The second kappa shape index (κ2) is 5.81. The van der Waals surface area contributed by atoms with Crippen LogP contribution in [0.5, 0.6) is 0 Å². The molecule has 0 spiro atoms. The van der Waals surface area contributed by atoms with Gasteiger partial charge in [0, 0.05) is 5.92 Å². The van der Waals surface area contributed by atoms with E-state index in [1.54, 1.807) is 0 Å². The number of aliphatic hydroxyl groups excluding tert-OH is 1. The van der Waals surface area contributed by atoms with Gasteiger partial charge in [0.15, 0.2) is 5.78 Å². The fraction of sp³-hybridized carbons (Fsp3) is 0.952. The van der Waals surface area contributed by atoms with Gasteiger partial charge in [-0.05, 0) is 85.9 Å². The Balaban J connectivity index is 1.60. The van der Waals surface area contributed by atoms with Gasteiger partial charge in [-0.25, -0.2) is 0 Å². The second-order valence-electron chi connectivity index (χ2n) is 9.85. The second-order valence-corrected chi connectivity index (χ2v) is 9.85. The smallest absolute Gasteiger partial charge is 0.213 e. The molecule has 4 saturated carbocycles. The molecule has 0 unspecified atom stereocenters. The van der Waals surface area contributed by atoms with Crippen molar-refractivity contribution in [3.05, 3.63) is 0 Å². The topological polar surface area (TPSA) is 57.5 Å². The number of ketones is 1. The van der Waals surface area contributed by atoms with Gasteiger partial charge >= 0.3 is 0 Å². The molecule has 0 aromatic rings. The van der Waals surface area contributed by atoms with E-state index >= 15 is 0 Å². The summed E-state index contributed by atoms with van der Waals surface area (Å²) >= 11 is 0. The molecular weight excluding hydrogens is 300 g/mol. The van der Waals surface area contributed by atoms with E-state index in [-0.39, 0.29) is 17.1 Å². The summed E-state index contributed by atoms with van der Waals surface area (Å²) in [6.45, 7) is 4.85. The Labute approximate surface area is 146 Å². The van der Waals surface area contributed by atoms with Crippen LogP contribution in [0.15, 0.2) is 0 Å². The maximum absolute atomic E-state index is 12.4. The Bertz CT molecular complexity index is 515. The van der Waals surface area contributed by atoms with Crippen LogP contribution < -0.4 is 0 Å². The minimum atomic E-state index is -1.78. The van der Waals surface area contributed by atoms with E-state index in [2.05, 4.69) is 13.8 Å². The summed E-state index contributed by atoms with van der Waals surface area (Å²) in [4.78, 5) is 12.4. The molecule has 4 aliphatic carbocycles. The summed E-state index contributed by atoms with van der Waals surface area (Å²) in [6, 6.07) is 0. The highest BCUT2D eigenvalue weighted by Gasteiger charge is 2.61. The number of hydrogen-bond acceptors (Lipinski definition) is 3. The van der Waals surface area contributed by atoms with Gasteiger partial charge in [-0.1, -0.05) is 26.7 Å². The number of carbonyl (C=O) groups excluding carboxylic acids is 1. The molecule has 3 heteroatoms. The van der Waals surface area contributed by atoms with Crippen LogP contribution in [-0.4, -0.2) is 22.3 Å². The van der Waals surface area contributed by atoms with Gasteiger partial charge < -0.3 is 10.2 Å². The van der Waals surface area contributed by atoms with Crippen LogP contribution in [0, 0.1) is 40.4 Å². The molecule has 0 amide bonds. The summed E-state index contributed by atoms with van der Waals surface area (Å²) in [5, 5.41) is 18.8. The van der Waals surface area contributed by atoms with Crippen LogP contribution in [0.1, 0.15) is 78.1 Å². The first-order valence-electron chi connectivity index (χ1n) is 10.3. The summed E-state index contributed by atoms with van der Waals surface area (Å²) in [5.41, 5.74) is 0.529. The van der Waals surface area contributed by atoms with Gasteiger partial charge in [0.25, 0.3) is 0 Å². The predicted octanol–water partition coefficient (Wildman–Crippen LogP) is 3.92. The normalized spacial score (nSPS) is 51.0. The van der Waals surface area contributed by atoms with Crippen molar-refractivity contribution in [2.75, 3.05) is 0 Å². The van der Waals surface area contributed by atoms with Gasteiger partial charge in [0.05, 0.1) is 0 Å². The zero-order chi connectivity index (χ0) is 17.1. The fourth-order valence-electron chi connectivity index (χ4n) is 7.94. The Morgan fingerprint density at radius 3 is 2.38 bits per heavy atom. The molecule has 3 nitrogen and oxygen atoms in total. The first-order chi connectivity index (χ1) is 11.4. The van der Waals surface area contributed by atoms with Crippen LogP contribution >= 0.6 is 0 Å². The van der Waals surface area contributed by atoms with Crippen molar-refractivity contribution in [3.63, 3.8) is 0 Å². The molecule has 7 atom stereocenters. The van der Waals surface area contributed by atoms with Crippen LogP contribution in [0.2, 0.25) is 0 Å². The Morgan fingerprint density at radius 1 is 0.875 bits per heavy atom. The van der Waals surface area contributed by atoms with Crippen molar-refractivity contribution < 1.29 is 15.0 Å². The van der Waals surface area contributed by atoms with Crippen molar-refractivity contribution in [3.8, 4) is 0 Å². The number of aliphatic hydroxyl groups is 2. The third kappa shape index (κ3) is 2.26. The van der Waals surface area contributed by atoms with Crippen LogP contribution in [-0.2, 0) is 4.79 Å². The lowest BCUT2D eigenvalue weighted by Gasteiger charge is -2.60. The van der Waals surface area contributed by atoms with Gasteiger partial charge in [-0.2, -0.15) is 0 Å². The molecule has 0 aliphatic heterocycles. The minimum absolute atomic E-state index is 0.000175. The van der Waals surface area contributed by atoms with Crippen LogP contribution in [0.25, 0.3) is 0 Å². The van der Waals surface area contributed by atoms with Gasteiger partial charge in [0.1, 0.15) is 0 Å². The zero-order valence-corrected chi connectivity index (χ0v) is 15.3. The molecule has 2 N–H and O–H groups in total. The summed E-state index contributed by atoms with van der Waals surface area (Å²) in [6.07, 6.45) is 10.9. The first kappa shape index (κ1) is 17.0. The Morgan fingerprint density at radius 2 is 1.62 bits per heavy atom. The first-order valence-corrected chi connectivity index (χ1v) is 10.3. The lowest BCUT2D eigenvalue weighted by Crippen LogP contribution is -2.53. The molecule has 0 saturated heterocycles. The van der Waals surface area contributed by atoms with E-state index in [4.69, 9.17) is 0 Å². The lowest BCUT2D eigenvalue weighted by molar-refractivity contribution is -0.158. The standard InChI is InChI=1S/C21H34O3/c1-20-11-4-3-5-13(20)6-7-14-15-8-9-17(18(22)19(23)24)21(15,2)12-10-16(14)20/h13-17,19,23-24H,3-12H2,1-2H3/t13-,14+,15+,16+,17-,20+,21+/m1/s1. The van der Waals surface area contributed by atoms with Gasteiger partial charge in [0.2, 0.25) is 6.29 Å². The van der Waals surface area contributed by atoms with Crippen molar-refractivity contribution in [1.29, 1.82) is 0 Å². The predicted molar refractivity (Wildman–Crippen MR) is 93.1 cm³/mol. The van der Waals surface area contributed by atoms with E-state index in [1.807, 2.05) is 0 Å². The summed E-state index contributed by atoms with van der Waals surface area (Å²) in [5.74, 6) is 2.68. The zero-order valence-electron chi connectivity index (χ0n) is 15.3. The average molecular weight is 335 g/mol. The van der Waals surface area contributed by atoms with E-state index in [0.717, 1.165) is 37.0 Å². The quantitative estimate of drug-likeness (QED) is 0.753. The number of rotatable bonds is 2. The minimum Gasteiger partial charge on any atom is -0.362 e. The molecular formula is C21H34O3. The molecule has 136 valence electrons. The highest BCUT2D eigenvalue weighted by Crippen LogP contribution is 2.67. The molecule has 24 heavy (non-hydrogen) atoms.